The third-order valence-electron chi connectivity index (χ3n) is 5.55. The van der Waals surface area contributed by atoms with E-state index in [1.807, 2.05) is 12.3 Å². The molecule has 2 aromatic rings. The highest BCUT2D eigenvalue weighted by Crippen LogP contribution is 2.25. The molecule has 1 fully saturated rings. The van der Waals surface area contributed by atoms with Gasteiger partial charge in [0.2, 0.25) is 0 Å². The van der Waals surface area contributed by atoms with E-state index in [-0.39, 0.29) is 5.91 Å². The molecule has 0 bridgehead atoms. The molecule has 1 saturated heterocycles. The normalized spacial score (nSPS) is 14.5. The lowest BCUT2D eigenvalue weighted by molar-refractivity contribution is 0.0951. The van der Waals surface area contributed by atoms with Crippen LogP contribution < -0.4 is 15.1 Å². The van der Waals surface area contributed by atoms with Gasteiger partial charge in [0, 0.05) is 44.6 Å². The largest absolute Gasteiger partial charge is 0.368 e. The molecule has 3 rings (SSSR count). The lowest BCUT2D eigenvalue weighted by atomic mass is 10.1. The van der Waals surface area contributed by atoms with Crippen molar-refractivity contribution in [2.75, 3.05) is 42.5 Å². The Labute approximate surface area is 168 Å². The van der Waals surface area contributed by atoms with Crippen molar-refractivity contribution in [2.45, 2.75) is 34.1 Å². The highest BCUT2D eigenvalue weighted by molar-refractivity contribution is 5.94. The van der Waals surface area contributed by atoms with Crippen LogP contribution in [0.2, 0.25) is 0 Å². The van der Waals surface area contributed by atoms with Gasteiger partial charge in [0.15, 0.2) is 0 Å². The van der Waals surface area contributed by atoms with Crippen molar-refractivity contribution in [3.05, 3.63) is 53.3 Å². The van der Waals surface area contributed by atoms with Gasteiger partial charge in [-0.25, -0.2) is 0 Å². The number of rotatable bonds is 6. The molecule has 1 N–H and O–H groups in total. The lowest BCUT2D eigenvalue weighted by Gasteiger charge is -2.38. The van der Waals surface area contributed by atoms with Gasteiger partial charge < -0.3 is 15.1 Å². The molecule has 2 heterocycles. The molecule has 1 aliphatic rings. The SMILES string of the molecule is Cc1cccc(N2CCN(c3cncc(C(=O)NCCC(C)C)c3)CC2)c1C. The van der Waals surface area contributed by atoms with Gasteiger partial charge in [0.1, 0.15) is 0 Å². The Morgan fingerprint density at radius 1 is 1.11 bits per heavy atom. The summed E-state index contributed by atoms with van der Waals surface area (Å²) in [7, 11) is 0. The smallest absolute Gasteiger partial charge is 0.252 e. The van der Waals surface area contributed by atoms with E-state index in [0.717, 1.165) is 38.3 Å². The van der Waals surface area contributed by atoms with Crippen LogP contribution in [0.4, 0.5) is 11.4 Å². The number of hydrogen-bond donors (Lipinski definition) is 1. The Morgan fingerprint density at radius 3 is 2.54 bits per heavy atom. The zero-order valence-corrected chi connectivity index (χ0v) is 17.5. The average Bonchev–Trinajstić information content (AvgIpc) is 2.70. The maximum absolute atomic E-state index is 12.4. The summed E-state index contributed by atoms with van der Waals surface area (Å²) in [4.78, 5) is 21.5. The number of aromatic nitrogens is 1. The highest BCUT2D eigenvalue weighted by Gasteiger charge is 2.20. The fourth-order valence-electron chi connectivity index (χ4n) is 3.59. The minimum atomic E-state index is -0.0379. The maximum atomic E-state index is 12.4. The van der Waals surface area contributed by atoms with E-state index in [2.05, 4.69) is 66.0 Å². The molecule has 0 saturated carbocycles. The van der Waals surface area contributed by atoms with Crippen LogP contribution >= 0.6 is 0 Å². The first-order valence-electron chi connectivity index (χ1n) is 10.2. The standard InChI is InChI=1S/C23H32N4O/c1-17(2)8-9-25-23(28)20-14-21(16-24-15-20)26-10-12-27(13-11-26)22-7-5-6-18(3)19(22)4/h5-7,14-17H,8-13H2,1-4H3,(H,25,28). The fourth-order valence-corrected chi connectivity index (χ4v) is 3.59. The van der Waals surface area contributed by atoms with Gasteiger partial charge in [-0.05, 0) is 49.4 Å². The molecule has 1 aromatic carbocycles. The number of pyridine rings is 1. The predicted molar refractivity (Wildman–Crippen MR) is 116 cm³/mol. The summed E-state index contributed by atoms with van der Waals surface area (Å²) in [5, 5.41) is 2.99. The molecule has 0 aliphatic carbocycles. The summed E-state index contributed by atoms with van der Waals surface area (Å²) in [6.45, 7) is 13.2. The first-order valence-corrected chi connectivity index (χ1v) is 10.2. The third kappa shape index (κ3) is 4.83. The monoisotopic (exact) mass is 380 g/mol. The summed E-state index contributed by atoms with van der Waals surface area (Å²) in [5.41, 5.74) is 5.68. The van der Waals surface area contributed by atoms with Crippen LogP contribution in [0.3, 0.4) is 0 Å². The number of nitrogens with zero attached hydrogens (tertiary/aromatic N) is 3. The second-order valence-corrected chi connectivity index (χ2v) is 8.06. The van der Waals surface area contributed by atoms with Gasteiger partial charge in [-0.2, -0.15) is 0 Å². The summed E-state index contributed by atoms with van der Waals surface area (Å²) >= 11 is 0. The summed E-state index contributed by atoms with van der Waals surface area (Å²) in [6.07, 6.45) is 4.50. The number of anilines is 2. The van der Waals surface area contributed by atoms with Crippen LogP contribution in [-0.4, -0.2) is 43.6 Å². The van der Waals surface area contributed by atoms with Crippen molar-refractivity contribution in [3.8, 4) is 0 Å². The molecule has 150 valence electrons. The Morgan fingerprint density at radius 2 is 1.82 bits per heavy atom. The van der Waals surface area contributed by atoms with Crippen LogP contribution in [0.1, 0.15) is 41.8 Å². The molecule has 5 heteroatoms. The van der Waals surface area contributed by atoms with Crippen LogP contribution in [0.15, 0.2) is 36.7 Å². The Bertz CT molecular complexity index is 810. The van der Waals surface area contributed by atoms with Crippen molar-refractivity contribution in [1.82, 2.24) is 10.3 Å². The molecular formula is C23H32N4O. The first-order chi connectivity index (χ1) is 13.5. The number of piperazine rings is 1. The number of carbonyl (C=O) groups is 1. The second kappa shape index (κ2) is 9.09. The van der Waals surface area contributed by atoms with Gasteiger partial charge >= 0.3 is 0 Å². The third-order valence-corrected chi connectivity index (χ3v) is 5.55. The van der Waals surface area contributed by atoms with Gasteiger partial charge in [-0.1, -0.05) is 26.0 Å². The van der Waals surface area contributed by atoms with Gasteiger partial charge in [-0.15, -0.1) is 0 Å². The topological polar surface area (TPSA) is 48.5 Å². The van der Waals surface area contributed by atoms with Crippen molar-refractivity contribution in [2.24, 2.45) is 5.92 Å². The zero-order chi connectivity index (χ0) is 20.1. The van der Waals surface area contributed by atoms with E-state index in [0.29, 0.717) is 18.0 Å². The minimum absolute atomic E-state index is 0.0379. The molecule has 0 atom stereocenters. The number of aryl methyl sites for hydroxylation is 1. The molecule has 0 spiro atoms. The minimum Gasteiger partial charge on any atom is -0.368 e. The average molecular weight is 381 g/mol. The zero-order valence-electron chi connectivity index (χ0n) is 17.5. The van der Waals surface area contributed by atoms with Crippen molar-refractivity contribution in [1.29, 1.82) is 0 Å². The van der Waals surface area contributed by atoms with E-state index in [4.69, 9.17) is 0 Å². The molecular weight excluding hydrogens is 348 g/mol. The van der Waals surface area contributed by atoms with Gasteiger partial charge in [0.25, 0.3) is 5.91 Å². The quantitative estimate of drug-likeness (QED) is 0.828. The van der Waals surface area contributed by atoms with Crippen LogP contribution in [-0.2, 0) is 0 Å². The lowest BCUT2D eigenvalue weighted by Crippen LogP contribution is -2.46. The van der Waals surface area contributed by atoms with E-state index in [1.165, 1.54) is 16.8 Å². The molecule has 0 unspecified atom stereocenters. The number of hydrogen-bond acceptors (Lipinski definition) is 4. The predicted octanol–water partition coefficient (Wildman–Crippen LogP) is 3.80. The molecule has 28 heavy (non-hydrogen) atoms. The van der Waals surface area contributed by atoms with E-state index in [1.54, 1.807) is 6.20 Å². The van der Waals surface area contributed by atoms with Crippen molar-refractivity contribution in [3.63, 3.8) is 0 Å². The molecule has 0 radical (unpaired) electrons. The molecule has 1 aliphatic heterocycles. The van der Waals surface area contributed by atoms with Crippen LogP contribution in [0.25, 0.3) is 0 Å². The Kier molecular flexibility index (Phi) is 6.55. The Balaban J connectivity index is 1.61. The van der Waals surface area contributed by atoms with Gasteiger partial charge in [-0.3, -0.25) is 9.78 Å². The van der Waals surface area contributed by atoms with E-state index in [9.17, 15) is 4.79 Å². The molecule has 1 aromatic heterocycles. The summed E-state index contributed by atoms with van der Waals surface area (Å²) < 4.78 is 0. The summed E-state index contributed by atoms with van der Waals surface area (Å²) in [6, 6.07) is 8.47. The van der Waals surface area contributed by atoms with Gasteiger partial charge in [0.05, 0.1) is 17.4 Å². The van der Waals surface area contributed by atoms with E-state index < -0.39 is 0 Å². The van der Waals surface area contributed by atoms with E-state index >= 15 is 0 Å². The van der Waals surface area contributed by atoms with Crippen LogP contribution in [0, 0.1) is 19.8 Å². The van der Waals surface area contributed by atoms with Crippen molar-refractivity contribution >= 4 is 17.3 Å². The highest BCUT2D eigenvalue weighted by atomic mass is 16.1. The maximum Gasteiger partial charge on any atom is 0.252 e. The summed E-state index contributed by atoms with van der Waals surface area (Å²) in [5.74, 6) is 0.544. The van der Waals surface area contributed by atoms with Crippen molar-refractivity contribution < 1.29 is 4.79 Å². The number of nitrogens with one attached hydrogen (secondary N) is 1. The number of amides is 1. The number of carbonyl (C=O) groups excluding carboxylic acids is 1. The fraction of sp³-hybridized carbons (Fsp3) is 0.478. The molecule has 1 amide bonds. The number of benzene rings is 1. The van der Waals surface area contributed by atoms with Crippen LogP contribution in [0.5, 0.6) is 0 Å². The first kappa shape index (κ1) is 20.2. The Hall–Kier alpha value is -2.56. The molecule has 5 nitrogen and oxygen atoms in total. The second-order valence-electron chi connectivity index (χ2n) is 8.06.